The van der Waals surface area contributed by atoms with E-state index >= 15 is 0 Å². The van der Waals surface area contributed by atoms with E-state index in [9.17, 15) is 0 Å². The predicted molar refractivity (Wildman–Crippen MR) is 124 cm³/mol. The van der Waals surface area contributed by atoms with Crippen LogP contribution in [0, 0.1) is 0 Å². The molecule has 28 heavy (non-hydrogen) atoms. The summed E-state index contributed by atoms with van der Waals surface area (Å²) in [4.78, 5) is 6.68. The first kappa shape index (κ1) is 20.9. The average Bonchev–Trinajstić information content (AvgIpc) is 3.12. The van der Waals surface area contributed by atoms with Crippen molar-refractivity contribution in [1.82, 2.24) is 10.2 Å². The first-order valence-electron chi connectivity index (χ1n) is 10.2. The normalized spacial score (nSPS) is 18.5. The zero-order valence-corrected chi connectivity index (χ0v) is 17.9. The molecule has 1 aliphatic heterocycles. The number of guanidine groups is 1. The van der Waals surface area contributed by atoms with Crippen molar-refractivity contribution in [2.45, 2.75) is 51.4 Å². The Hall–Kier alpha value is -1.85. The largest absolute Gasteiger partial charge is 0.332 e. The molecular formula is C22H29ClN4S. The van der Waals surface area contributed by atoms with Gasteiger partial charge in [0.05, 0.1) is 6.54 Å². The van der Waals surface area contributed by atoms with E-state index in [-0.39, 0.29) is 0 Å². The van der Waals surface area contributed by atoms with Crippen molar-refractivity contribution in [2.24, 2.45) is 4.99 Å². The molecule has 1 aromatic carbocycles. The van der Waals surface area contributed by atoms with Gasteiger partial charge < -0.3 is 10.6 Å². The topological polar surface area (TPSA) is 39.7 Å². The van der Waals surface area contributed by atoms with Gasteiger partial charge in [-0.05, 0) is 75.4 Å². The molecule has 0 aromatic heterocycles. The maximum Gasteiger partial charge on any atom is 0.204 e. The minimum Gasteiger partial charge on any atom is -0.332 e. The standard InChI is InChI=1S/C22H29ClN4S/c23-18-11-10-14-20(17-18)26-22(28)27-16-15-24-21(27)25-19-12-8-6-4-2-1-3-5-7-9-13-19/h1-2,10-12,14,17H,3-9,13,15-16H2,(H,24,25)(H,26,28). The molecule has 1 aromatic rings. The molecule has 0 amide bonds. The van der Waals surface area contributed by atoms with Gasteiger partial charge in [-0.2, -0.15) is 0 Å². The maximum absolute atomic E-state index is 6.08. The number of aliphatic imine (C=N–C) groups is 1. The third kappa shape index (κ3) is 6.64. The Labute approximate surface area is 178 Å². The number of hydrogen-bond acceptors (Lipinski definition) is 3. The number of allylic oxidation sites excluding steroid dienone is 4. The molecule has 0 spiro atoms. The Kier molecular flexibility index (Phi) is 8.37. The lowest BCUT2D eigenvalue weighted by atomic mass is 10.1. The summed E-state index contributed by atoms with van der Waals surface area (Å²) in [6, 6.07) is 7.60. The second-order valence-electron chi connectivity index (χ2n) is 7.15. The van der Waals surface area contributed by atoms with Crippen molar-refractivity contribution in [2.75, 3.05) is 18.4 Å². The highest BCUT2D eigenvalue weighted by atomic mass is 35.5. The smallest absolute Gasteiger partial charge is 0.204 e. The Morgan fingerprint density at radius 3 is 2.79 bits per heavy atom. The molecule has 0 bridgehead atoms. The van der Waals surface area contributed by atoms with Gasteiger partial charge >= 0.3 is 0 Å². The van der Waals surface area contributed by atoms with E-state index in [0.717, 1.165) is 44.0 Å². The van der Waals surface area contributed by atoms with Crippen LogP contribution in [-0.2, 0) is 0 Å². The summed E-state index contributed by atoms with van der Waals surface area (Å²) < 4.78 is 0. The Bertz CT molecular complexity index is 757. The van der Waals surface area contributed by atoms with Crippen LogP contribution in [0.2, 0.25) is 5.02 Å². The number of thiocarbonyl (C=S) groups is 1. The average molecular weight is 417 g/mol. The number of benzene rings is 1. The van der Waals surface area contributed by atoms with Gasteiger partial charge in [0.2, 0.25) is 5.96 Å². The fourth-order valence-corrected chi connectivity index (χ4v) is 3.86. The number of anilines is 1. The molecule has 0 radical (unpaired) electrons. The molecule has 1 aliphatic carbocycles. The van der Waals surface area contributed by atoms with Crippen molar-refractivity contribution in [3.63, 3.8) is 0 Å². The fourth-order valence-electron chi connectivity index (χ4n) is 3.37. The summed E-state index contributed by atoms with van der Waals surface area (Å²) in [5, 5.41) is 8.17. The molecule has 150 valence electrons. The zero-order chi connectivity index (χ0) is 19.6. The highest BCUT2D eigenvalue weighted by Crippen LogP contribution is 2.17. The molecular weight excluding hydrogens is 388 g/mol. The first-order chi connectivity index (χ1) is 13.7. The summed E-state index contributed by atoms with van der Waals surface area (Å²) in [5.74, 6) is 0.845. The number of hydrogen-bond donors (Lipinski definition) is 2. The summed E-state index contributed by atoms with van der Waals surface area (Å²) in [5.41, 5.74) is 2.16. The van der Waals surface area contributed by atoms with Gasteiger partial charge in [0, 0.05) is 23.0 Å². The SMILES string of the molecule is S=C(Nc1cccc(Cl)c1)N1CCN=C1NC1=CCCCC=CCCCCC1. The van der Waals surface area contributed by atoms with E-state index in [1.807, 2.05) is 29.2 Å². The first-order valence-corrected chi connectivity index (χ1v) is 11.0. The number of nitrogens with zero attached hydrogens (tertiary/aromatic N) is 2. The van der Waals surface area contributed by atoms with Crippen LogP contribution in [0.15, 0.2) is 53.2 Å². The van der Waals surface area contributed by atoms with E-state index < -0.39 is 0 Å². The van der Waals surface area contributed by atoms with Gasteiger partial charge in [0.25, 0.3) is 0 Å². The fraction of sp³-hybridized carbons (Fsp3) is 0.455. The monoisotopic (exact) mass is 416 g/mol. The Morgan fingerprint density at radius 2 is 1.93 bits per heavy atom. The van der Waals surface area contributed by atoms with Gasteiger partial charge in [0.15, 0.2) is 5.11 Å². The molecule has 0 atom stereocenters. The van der Waals surface area contributed by atoms with Crippen molar-refractivity contribution in [3.8, 4) is 0 Å². The zero-order valence-electron chi connectivity index (χ0n) is 16.3. The molecule has 0 unspecified atom stereocenters. The van der Waals surface area contributed by atoms with Crippen LogP contribution in [0.25, 0.3) is 0 Å². The minimum atomic E-state index is 0.643. The number of rotatable bonds is 2. The van der Waals surface area contributed by atoms with E-state index in [1.54, 1.807) is 0 Å². The van der Waals surface area contributed by atoms with Crippen LogP contribution in [0.5, 0.6) is 0 Å². The van der Waals surface area contributed by atoms with Crippen molar-refractivity contribution < 1.29 is 0 Å². The third-order valence-electron chi connectivity index (χ3n) is 4.88. The van der Waals surface area contributed by atoms with E-state index in [4.69, 9.17) is 23.8 Å². The maximum atomic E-state index is 6.08. The minimum absolute atomic E-state index is 0.643. The van der Waals surface area contributed by atoms with Crippen LogP contribution in [0.3, 0.4) is 0 Å². The highest BCUT2D eigenvalue weighted by Gasteiger charge is 2.21. The number of nitrogens with one attached hydrogen (secondary N) is 2. The van der Waals surface area contributed by atoms with Crippen molar-refractivity contribution in [1.29, 1.82) is 0 Å². The Balaban J connectivity index is 1.60. The van der Waals surface area contributed by atoms with Crippen LogP contribution >= 0.6 is 23.8 Å². The molecule has 4 nitrogen and oxygen atoms in total. The molecule has 0 saturated carbocycles. The number of halogens is 1. The van der Waals surface area contributed by atoms with Gasteiger partial charge in [-0.1, -0.05) is 42.3 Å². The van der Waals surface area contributed by atoms with Gasteiger partial charge in [0.1, 0.15) is 0 Å². The van der Waals surface area contributed by atoms with Crippen LogP contribution in [-0.4, -0.2) is 29.1 Å². The van der Waals surface area contributed by atoms with Crippen molar-refractivity contribution >= 4 is 40.6 Å². The predicted octanol–water partition coefficient (Wildman–Crippen LogP) is 5.87. The molecule has 0 saturated heterocycles. The molecule has 1 heterocycles. The van der Waals surface area contributed by atoms with Crippen molar-refractivity contribution in [3.05, 3.63) is 53.2 Å². The second kappa shape index (κ2) is 11.2. The quantitative estimate of drug-likeness (QED) is 0.467. The van der Waals surface area contributed by atoms with Gasteiger partial charge in [-0.25, -0.2) is 0 Å². The lowest BCUT2D eigenvalue weighted by Gasteiger charge is -2.24. The summed E-state index contributed by atoms with van der Waals surface area (Å²) in [6.07, 6.45) is 16.4. The highest BCUT2D eigenvalue weighted by molar-refractivity contribution is 7.80. The molecule has 0 fully saturated rings. The third-order valence-corrected chi connectivity index (χ3v) is 5.44. The Morgan fingerprint density at radius 1 is 1.07 bits per heavy atom. The lowest BCUT2D eigenvalue weighted by molar-refractivity contribution is 0.636. The second-order valence-corrected chi connectivity index (χ2v) is 7.98. The molecule has 2 N–H and O–H groups in total. The summed E-state index contributed by atoms with van der Waals surface area (Å²) in [7, 11) is 0. The summed E-state index contributed by atoms with van der Waals surface area (Å²) >= 11 is 11.7. The lowest BCUT2D eigenvalue weighted by Crippen LogP contribution is -2.44. The van der Waals surface area contributed by atoms with Gasteiger partial charge in [-0.3, -0.25) is 9.89 Å². The van der Waals surface area contributed by atoms with Crippen LogP contribution < -0.4 is 10.6 Å². The van der Waals surface area contributed by atoms with Gasteiger partial charge in [-0.15, -0.1) is 0 Å². The molecule has 3 rings (SSSR count). The van der Waals surface area contributed by atoms with E-state index in [2.05, 4.69) is 33.9 Å². The van der Waals surface area contributed by atoms with Crippen LogP contribution in [0.1, 0.15) is 51.4 Å². The molecule has 2 aliphatic rings. The van der Waals surface area contributed by atoms with E-state index in [1.165, 1.54) is 37.8 Å². The van der Waals surface area contributed by atoms with E-state index in [0.29, 0.717) is 10.1 Å². The molecule has 6 heteroatoms. The van der Waals surface area contributed by atoms with Crippen LogP contribution in [0.4, 0.5) is 5.69 Å². The summed E-state index contributed by atoms with van der Waals surface area (Å²) in [6.45, 7) is 1.53.